The van der Waals surface area contributed by atoms with E-state index in [-0.39, 0.29) is 7.12 Å². The molecule has 3 heterocycles. The number of nitrogens with one attached hydrogen (secondary N) is 2. The maximum atomic E-state index is 5.85. The zero-order chi connectivity index (χ0) is 18.2. The largest absolute Gasteiger partial charge is 0.498 e. The molecular weight excluding hydrogens is 343 g/mol. The molecule has 2 aromatic rings. The second kappa shape index (κ2) is 7.01. The van der Waals surface area contributed by atoms with Crippen LogP contribution in [0.5, 0.6) is 5.75 Å². The number of aryl methyl sites for hydroxylation is 1. The van der Waals surface area contributed by atoms with Gasteiger partial charge < -0.3 is 24.7 Å². The van der Waals surface area contributed by atoms with Crippen LogP contribution in [-0.2, 0) is 15.9 Å². The molecule has 3 aliphatic rings. The maximum absolute atomic E-state index is 5.85. The van der Waals surface area contributed by atoms with Gasteiger partial charge in [0.1, 0.15) is 18.2 Å². The zero-order valence-corrected chi connectivity index (χ0v) is 15.5. The second-order valence-electron chi connectivity index (χ2n) is 7.39. The number of anilines is 3. The molecule has 1 aliphatic carbocycles. The van der Waals surface area contributed by atoms with Gasteiger partial charge in [0, 0.05) is 35.0 Å². The zero-order valence-electron chi connectivity index (χ0n) is 15.5. The third-order valence-corrected chi connectivity index (χ3v) is 5.39. The molecule has 0 bridgehead atoms. The Morgan fingerprint density at radius 1 is 1.15 bits per heavy atom. The van der Waals surface area contributed by atoms with Gasteiger partial charge in [0.15, 0.2) is 0 Å². The molecule has 0 saturated heterocycles. The van der Waals surface area contributed by atoms with Gasteiger partial charge in [-0.3, -0.25) is 0 Å². The Hall–Kier alpha value is -2.32. The molecule has 2 aliphatic heterocycles. The second-order valence-corrected chi connectivity index (χ2v) is 7.39. The Bertz CT molecular complexity index is 857. The summed E-state index contributed by atoms with van der Waals surface area (Å²) in [6, 6.07) is 4.55. The average Bonchev–Trinajstić information content (AvgIpc) is 3.26. The highest BCUT2D eigenvalue weighted by atomic mass is 16.6. The van der Waals surface area contributed by atoms with Gasteiger partial charge in [-0.25, -0.2) is 4.98 Å². The van der Waals surface area contributed by atoms with Crippen molar-refractivity contribution in [3.63, 3.8) is 0 Å². The van der Waals surface area contributed by atoms with Gasteiger partial charge in [-0.15, -0.1) is 0 Å². The topological polar surface area (TPSA) is 77.5 Å². The molecule has 8 heteroatoms. The minimum Gasteiger partial charge on any atom is -0.492 e. The number of ether oxygens (including phenoxy) is 1. The van der Waals surface area contributed by atoms with Gasteiger partial charge in [-0.1, -0.05) is 12.8 Å². The molecule has 0 atom stereocenters. The highest BCUT2D eigenvalue weighted by Crippen LogP contribution is 2.28. The number of rotatable bonds is 4. The molecule has 27 heavy (non-hydrogen) atoms. The van der Waals surface area contributed by atoms with E-state index in [0.29, 0.717) is 31.8 Å². The van der Waals surface area contributed by atoms with E-state index in [1.54, 1.807) is 0 Å². The van der Waals surface area contributed by atoms with Crippen LogP contribution in [0.3, 0.4) is 0 Å². The fourth-order valence-electron chi connectivity index (χ4n) is 3.99. The van der Waals surface area contributed by atoms with E-state index in [1.165, 1.54) is 25.7 Å². The first-order valence-electron chi connectivity index (χ1n) is 9.66. The lowest BCUT2D eigenvalue weighted by atomic mass is 9.78. The Morgan fingerprint density at radius 3 is 2.93 bits per heavy atom. The van der Waals surface area contributed by atoms with Crippen LogP contribution in [0.15, 0.2) is 18.3 Å². The van der Waals surface area contributed by atoms with Gasteiger partial charge in [0.2, 0.25) is 5.95 Å². The lowest BCUT2D eigenvalue weighted by Gasteiger charge is -2.16. The normalized spacial score (nSPS) is 18.8. The van der Waals surface area contributed by atoms with Crippen LogP contribution in [0.1, 0.15) is 36.8 Å². The lowest BCUT2D eigenvalue weighted by molar-refractivity contribution is 0.180. The molecule has 0 spiro atoms. The van der Waals surface area contributed by atoms with Gasteiger partial charge >= 0.3 is 7.12 Å². The summed E-state index contributed by atoms with van der Waals surface area (Å²) >= 11 is 0. The summed E-state index contributed by atoms with van der Waals surface area (Å²) in [4.78, 5) is 9.14. The number of benzene rings is 1. The fraction of sp³-hybridized carbons (Fsp3) is 0.474. The number of hydrogen-bond acceptors (Lipinski definition) is 7. The first-order valence-corrected chi connectivity index (χ1v) is 9.66. The molecule has 0 amide bonds. The van der Waals surface area contributed by atoms with E-state index in [0.717, 1.165) is 33.8 Å². The first-order chi connectivity index (χ1) is 13.3. The van der Waals surface area contributed by atoms with Crippen molar-refractivity contribution in [1.29, 1.82) is 0 Å². The van der Waals surface area contributed by atoms with Crippen LogP contribution in [0, 0.1) is 6.92 Å². The van der Waals surface area contributed by atoms with E-state index < -0.39 is 0 Å². The van der Waals surface area contributed by atoms with Gasteiger partial charge in [-0.2, -0.15) is 4.98 Å². The van der Waals surface area contributed by atoms with Crippen molar-refractivity contribution in [2.24, 2.45) is 0 Å². The smallest absolute Gasteiger partial charge is 0.492 e. The van der Waals surface area contributed by atoms with Crippen LogP contribution in [-0.4, -0.2) is 36.3 Å². The molecule has 1 aromatic carbocycles. The molecule has 1 fully saturated rings. The Labute approximate surface area is 159 Å². The fourth-order valence-corrected chi connectivity index (χ4v) is 3.99. The predicted molar refractivity (Wildman–Crippen MR) is 104 cm³/mol. The molecule has 140 valence electrons. The SMILES string of the molecule is Cc1cnc(Nc2cc3c4c(c2)OCCOB4OC3)nc1NC1CCCC1. The minimum atomic E-state index is -0.315. The van der Waals surface area contributed by atoms with Crippen molar-refractivity contribution in [1.82, 2.24) is 9.97 Å². The Kier molecular flexibility index (Phi) is 4.37. The Morgan fingerprint density at radius 2 is 2.04 bits per heavy atom. The maximum Gasteiger partial charge on any atom is 0.498 e. The standard InChI is InChI=1S/C19H23BN4O3/c1-12-10-21-19(24-18(12)22-14-4-2-3-5-14)23-15-8-13-11-27-20-17(13)16(9-15)25-6-7-26-20/h8-10,14H,2-7,11H2,1H3,(H2,21,22,23,24). The van der Waals surface area contributed by atoms with Gasteiger partial charge in [-0.05, 0) is 31.4 Å². The summed E-state index contributed by atoms with van der Waals surface area (Å²) in [6.07, 6.45) is 6.86. The van der Waals surface area contributed by atoms with Crippen molar-refractivity contribution in [3.8, 4) is 5.75 Å². The lowest BCUT2D eigenvalue weighted by Crippen LogP contribution is -2.31. The third kappa shape index (κ3) is 3.35. The van der Waals surface area contributed by atoms with Gasteiger partial charge in [0.05, 0.1) is 13.2 Å². The minimum absolute atomic E-state index is 0.315. The molecule has 2 N–H and O–H groups in total. The first kappa shape index (κ1) is 16.8. The van der Waals surface area contributed by atoms with E-state index >= 15 is 0 Å². The summed E-state index contributed by atoms with van der Waals surface area (Å²) in [5.74, 6) is 2.30. The van der Waals surface area contributed by atoms with Crippen molar-refractivity contribution < 1.29 is 14.0 Å². The molecule has 7 nitrogen and oxygen atoms in total. The third-order valence-electron chi connectivity index (χ3n) is 5.39. The summed E-state index contributed by atoms with van der Waals surface area (Å²) in [6.45, 7) is 3.61. The summed E-state index contributed by atoms with van der Waals surface area (Å²) in [5.41, 5.74) is 4.04. The average molecular weight is 366 g/mol. The van der Waals surface area contributed by atoms with Crippen molar-refractivity contribution in [2.75, 3.05) is 23.8 Å². The summed E-state index contributed by atoms with van der Waals surface area (Å²) < 4.78 is 17.3. The van der Waals surface area contributed by atoms with Crippen molar-refractivity contribution in [3.05, 3.63) is 29.5 Å². The predicted octanol–water partition coefficient (Wildman–Crippen LogP) is 2.52. The molecule has 5 rings (SSSR count). The summed E-state index contributed by atoms with van der Waals surface area (Å²) in [7, 11) is -0.315. The number of hydrogen-bond donors (Lipinski definition) is 2. The number of aromatic nitrogens is 2. The van der Waals surface area contributed by atoms with E-state index in [9.17, 15) is 0 Å². The quantitative estimate of drug-likeness (QED) is 0.805. The monoisotopic (exact) mass is 366 g/mol. The van der Waals surface area contributed by atoms with Crippen LogP contribution in [0.4, 0.5) is 17.5 Å². The van der Waals surface area contributed by atoms with Crippen LogP contribution in [0.2, 0.25) is 0 Å². The van der Waals surface area contributed by atoms with Crippen molar-refractivity contribution >= 4 is 30.0 Å². The molecule has 1 saturated carbocycles. The van der Waals surface area contributed by atoms with E-state index in [2.05, 4.69) is 21.7 Å². The van der Waals surface area contributed by atoms with Crippen LogP contribution in [0.25, 0.3) is 0 Å². The molecule has 0 radical (unpaired) electrons. The van der Waals surface area contributed by atoms with E-state index in [1.807, 2.05) is 19.2 Å². The summed E-state index contributed by atoms with van der Waals surface area (Å²) in [5, 5.41) is 6.89. The molecule has 1 aromatic heterocycles. The highest BCUT2D eigenvalue weighted by molar-refractivity contribution is 6.64. The van der Waals surface area contributed by atoms with Crippen LogP contribution < -0.4 is 20.8 Å². The Balaban J connectivity index is 1.40. The molecule has 0 unspecified atom stereocenters. The van der Waals surface area contributed by atoms with Crippen LogP contribution >= 0.6 is 0 Å². The molecular formula is C19H23BN4O3. The van der Waals surface area contributed by atoms with Crippen molar-refractivity contribution in [2.45, 2.75) is 45.3 Å². The van der Waals surface area contributed by atoms with E-state index in [4.69, 9.17) is 19.0 Å². The highest BCUT2D eigenvalue weighted by Gasteiger charge is 2.36. The van der Waals surface area contributed by atoms with Gasteiger partial charge in [0.25, 0.3) is 0 Å². The number of nitrogens with zero attached hydrogens (tertiary/aromatic N) is 2.